The monoisotopic (exact) mass is 307 g/mol. The molecule has 11 heteroatoms. The van der Waals surface area contributed by atoms with Gasteiger partial charge in [0.15, 0.2) is 0 Å². The van der Waals surface area contributed by atoms with E-state index in [0.29, 0.717) is 4.90 Å². The zero-order chi connectivity index (χ0) is 12.0. The Kier molecular flexibility index (Phi) is 32.1. The number of hydrogen-bond acceptors (Lipinski definition) is 7. The van der Waals surface area contributed by atoms with Crippen LogP contribution in [0.2, 0.25) is 0 Å². The summed E-state index contributed by atoms with van der Waals surface area (Å²) in [5.74, 6) is -4.76. The summed E-state index contributed by atoms with van der Waals surface area (Å²) in [6, 6.07) is -1.39. The molecule has 0 bridgehead atoms. The maximum Gasteiger partial charge on any atom is 1.00 e. The van der Waals surface area contributed by atoms with Crippen molar-refractivity contribution >= 4 is 17.9 Å². The molecule has 0 heterocycles. The van der Waals surface area contributed by atoms with E-state index in [1.165, 1.54) is 0 Å². The zero-order valence-electron chi connectivity index (χ0n) is 11.8. The molecule has 0 fully saturated rings. The second kappa shape index (κ2) is 18.4. The largest absolute Gasteiger partial charge is 1.00 e. The molecule has 0 radical (unpaired) electrons. The van der Waals surface area contributed by atoms with Crippen molar-refractivity contribution in [2.75, 3.05) is 13.1 Å². The molecule has 0 N–H and O–H groups in total. The first kappa shape index (κ1) is 33.1. The molecule has 1 atom stereocenters. The van der Waals surface area contributed by atoms with Gasteiger partial charge in [0.1, 0.15) is 0 Å². The van der Waals surface area contributed by atoms with E-state index in [-0.39, 0.29) is 125 Å². The SMILES string of the molecule is [CH2-]CC(C(=O)[O-])N(CC(=O)[O-])CC(=O)[O-].[Na+].[Na+].[Na+].[Na+]. The molecule has 0 aromatic carbocycles. The molecule has 0 saturated carbocycles. The minimum Gasteiger partial charge on any atom is -0.549 e. The molecule has 0 amide bonds. The Morgan fingerprint density at radius 2 is 1.21 bits per heavy atom. The summed E-state index contributed by atoms with van der Waals surface area (Å²) in [6.45, 7) is 1.59. The quantitative estimate of drug-likeness (QED) is 0.338. The number of carbonyl (C=O) groups is 3. The Bertz CT molecular complexity index is 262. The number of rotatable bonds is 7. The first-order chi connectivity index (χ1) is 6.88. The van der Waals surface area contributed by atoms with E-state index in [1.807, 2.05) is 0 Å². The summed E-state index contributed by atoms with van der Waals surface area (Å²) in [6.07, 6.45) is -0.219. The van der Waals surface area contributed by atoms with Gasteiger partial charge in [-0.15, -0.1) is 0 Å². The Morgan fingerprint density at radius 3 is 1.37 bits per heavy atom. The Labute approximate surface area is 200 Å². The van der Waals surface area contributed by atoms with Gasteiger partial charge in [0.25, 0.3) is 0 Å². The molecule has 0 aliphatic carbocycles. The van der Waals surface area contributed by atoms with Gasteiger partial charge in [-0.1, -0.05) is 0 Å². The predicted molar refractivity (Wildman–Crippen MR) is 40.4 cm³/mol. The molecule has 0 spiro atoms. The van der Waals surface area contributed by atoms with E-state index in [2.05, 4.69) is 6.92 Å². The van der Waals surface area contributed by atoms with Crippen LogP contribution in [0.3, 0.4) is 0 Å². The molecule has 0 saturated heterocycles. The van der Waals surface area contributed by atoms with Crippen LogP contribution >= 0.6 is 0 Å². The third-order valence-corrected chi connectivity index (χ3v) is 1.65. The predicted octanol–water partition coefficient (Wildman–Crippen LogP) is -16.9. The molecule has 86 valence electrons. The van der Waals surface area contributed by atoms with E-state index in [0.717, 1.165) is 0 Å². The molecular formula is C8H9NNa4O6. The van der Waals surface area contributed by atoms with Gasteiger partial charge in [-0.25, -0.2) is 0 Å². The van der Waals surface area contributed by atoms with Crippen LogP contribution in [0.5, 0.6) is 0 Å². The van der Waals surface area contributed by atoms with E-state index in [1.54, 1.807) is 0 Å². The van der Waals surface area contributed by atoms with Crippen LogP contribution in [0.4, 0.5) is 0 Å². The molecule has 0 aliphatic heterocycles. The van der Waals surface area contributed by atoms with Crippen LogP contribution in [0, 0.1) is 6.92 Å². The fourth-order valence-corrected chi connectivity index (χ4v) is 1.06. The first-order valence-electron chi connectivity index (χ1n) is 4.02. The van der Waals surface area contributed by atoms with Crippen LogP contribution in [0.25, 0.3) is 0 Å². The van der Waals surface area contributed by atoms with Crippen molar-refractivity contribution in [1.82, 2.24) is 4.90 Å². The second-order valence-electron chi connectivity index (χ2n) is 2.77. The summed E-state index contributed by atoms with van der Waals surface area (Å²) < 4.78 is 0. The van der Waals surface area contributed by atoms with Gasteiger partial charge in [-0.2, -0.15) is 6.42 Å². The Hall–Kier alpha value is 2.37. The fourth-order valence-electron chi connectivity index (χ4n) is 1.06. The molecule has 0 aliphatic rings. The zero-order valence-corrected chi connectivity index (χ0v) is 19.8. The van der Waals surface area contributed by atoms with Crippen LogP contribution in [0.15, 0.2) is 0 Å². The minimum absolute atomic E-state index is 0. The fraction of sp³-hybridized carbons (Fsp3) is 0.500. The van der Waals surface area contributed by atoms with Crippen molar-refractivity contribution < 1.29 is 148 Å². The van der Waals surface area contributed by atoms with Crippen LogP contribution < -0.4 is 134 Å². The Morgan fingerprint density at radius 1 is 0.895 bits per heavy atom. The average molecular weight is 307 g/mol. The average Bonchev–Trinajstić information content (AvgIpc) is 2.01. The third kappa shape index (κ3) is 16.6. The van der Waals surface area contributed by atoms with Crippen molar-refractivity contribution in [3.63, 3.8) is 0 Å². The van der Waals surface area contributed by atoms with Gasteiger partial charge in [-0.05, 0) is 0 Å². The molecule has 0 rings (SSSR count). The van der Waals surface area contributed by atoms with Gasteiger partial charge in [0.05, 0.1) is 17.9 Å². The third-order valence-electron chi connectivity index (χ3n) is 1.65. The normalized spacial score (nSPS) is 9.79. The summed E-state index contributed by atoms with van der Waals surface area (Å²) in [7, 11) is 0. The summed E-state index contributed by atoms with van der Waals surface area (Å²) in [5.41, 5.74) is 0. The first-order valence-corrected chi connectivity index (χ1v) is 4.02. The number of carbonyl (C=O) groups excluding carboxylic acids is 3. The van der Waals surface area contributed by atoms with Gasteiger partial charge >= 0.3 is 118 Å². The molecule has 0 aromatic heterocycles. The molecule has 19 heavy (non-hydrogen) atoms. The smallest absolute Gasteiger partial charge is 0.549 e. The van der Waals surface area contributed by atoms with Gasteiger partial charge in [0.2, 0.25) is 0 Å². The number of hydrogen-bond donors (Lipinski definition) is 0. The van der Waals surface area contributed by atoms with Crippen molar-refractivity contribution in [3.05, 3.63) is 6.92 Å². The maximum atomic E-state index is 10.5. The van der Waals surface area contributed by atoms with Gasteiger partial charge < -0.3 is 36.6 Å². The molecule has 7 nitrogen and oxygen atoms in total. The van der Waals surface area contributed by atoms with E-state index in [4.69, 9.17) is 0 Å². The number of carboxylic acids is 3. The van der Waals surface area contributed by atoms with Crippen molar-refractivity contribution in [2.24, 2.45) is 0 Å². The summed E-state index contributed by atoms with van der Waals surface area (Å²) in [5, 5.41) is 31.0. The van der Waals surface area contributed by atoms with Crippen molar-refractivity contribution in [3.8, 4) is 0 Å². The van der Waals surface area contributed by atoms with E-state index in [9.17, 15) is 29.7 Å². The second-order valence-corrected chi connectivity index (χ2v) is 2.77. The van der Waals surface area contributed by atoms with Crippen molar-refractivity contribution in [1.29, 1.82) is 0 Å². The van der Waals surface area contributed by atoms with Crippen LogP contribution in [0.1, 0.15) is 6.42 Å². The maximum absolute atomic E-state index is 10.5. The summed E-state index contributed by atoms with van der Waals surface area (Å²) in [4.78, 5) is 31.6. The van der Waals surface area contributed by atoms with Crippen molar-refractivity contribution in [2.45, 2.75) is 12.5 Å². The standard InChI is InChI=1S/C8H12NO6.4Na/c1-2-5(8(14)15)9(3-6(10)11)4-7(12)13;;;;/h5H,1-4H2,(H,10,11)(H,12,13)(H,14,15);;;;/q-1;4*+1/p-3. The van der Waals surface area contributed by atoms with Crippen LogP contribution in [-0.2, 0) is 14.4 Å². The Balaban J connectivity index is -0.000000163. The summed E-state index contributed by atoms with van der Waals surface area (Å²) >= 11 is 0. The van der Waals surface area contributed by atoms with Gasteiger partial charge in [0, 0.05) is 19.1 Å². The van der Waals surface area contributed by atoms with Gasteiger partial charge in [-0.3, -0.25) is 4.90 Å². The number of carboxylic acid groups (broad SMARTS) is 3. The van der Waals surface area contributed by atoms with E-state index < -0.39 is 37.0 Å². The minimum atomic E-state index is -1.59. The number of aliphatic carboxylic acids is 3. The molecular weight excluding hydrogens is 298 g/mol. The topological polar surface area (TPSA) is 124 Å². The molecule has 1 unspecified atom stereocenters. The number of nitrogens with zero attached hydrogens (tertiary/aromatic N) is 1. The molecule has 0 aromatic rings. The van der Waals surface area contributed by atoms with Crippen LogP contribution in [-0.4, -0.2) is 41.9 Å². The van der Waals surface area contributed by atoms with E-state index >= 15 is 0 Å².